The average Bonchev–Trinajstić information content (AvgIpc) is 3.07. The molecule has 0 saturated carbocycles. The van der Waals surface area contributed by atoms with E-state index in [4.69, 9.17) is 23.2 Å². The highest BCUT2D eigenvalue weighted by Crippen LogP contribution is 2.35. The number of hydrogen-bond acceptors (Lipinski definition) is 4. The zero-order valence-electron chi connectivity index (χ0n) is 19.5. The van der Waals surface area contributed by atoms with Crippen LogP contribution in [0.3, 0.4) is 0 Å². The molecule has 4 aromatic rings. The van der Waals surface area contributed by atoms with Crippen molar-refractivity contribution in [3.05, 3.63) is 124 Å². The van der Waals surface area contributed by atoms with Gasteiger partial charge in [0.05, 0.1) is 11.3 Å². The van der Waals surface area contributed by atoms with Crippen LogP contribution >= 0.6 is 55.1 Å². The summed E-state index contributed by atoms with van der Waals surface area (Å²) in [5.74, 6) is -1.43. The Morgan fingerprint density at radius 3 is 2.05 bits per heavy atom. The Morgan fingerprint density at radius 1 is 0.763 bits per heavy atom. The van der Waals surface area contributed by atoms with Crippen LogP contribution < -0.4 is 0 Å². The minimum Gasteiger partial charge on any atom is -0.382 e. The van der Waals surface area contributed by atoms with Crippen LogP contribution in [0.5, 0.6) is 0 Å². The van der Waals surface area contributed by atoms with E-state index in [0.717, 1.165) is 25.6 Å². The summed E-state index contributed by atoms with van der Waals surface area (Å²) >= 11 is 18.4. The Labute approximate surface area is 244 Å². The quantitative estimate of drug-likeness (QED) is 0.206. The number of benzene rings is 2. The fourth-order valence-electron chi connectivity index (χ4n) is 4.84. The molecule has 0 saturated heterocycles. The summed E-state index contributed by atoms with van der Waals surface area (Å²) in [4.78, 5) is 20.8. The fourth-order valence-corrected chi connectivity index (χ4v) is 6.05. The molecular formula is C28H18Br2Cl2F2N2O2. The van der Waals surface area contributed by atoms with E-state index in [2.05, 4.69) is 41.8 Å². The predicted octanol–water partition coefficient (Wildman–Crippen LogP) is 7.78. The molecule has 10 heteroatoms. The van der Waals surface area contributed by atoms with Crippen molar-refractivity contribution >= 4 is 60.8 Å². The molecule has 1 atom stereocenters. The third-order valence-electron chi connectivity index (χ3n) is 6.52. The first-order chi connectivity index (χ1) is 18.1. The molecule has 2 aliphatic rings. The summed E-state index contributed by atoms with van der Waals surface area (Å²) < 4.78 is 29.7. The highest BCUT2D eigenvalue weighted by atomic mass is 79.9. The molecule has 1 N–H and O–H groups in total. The molecule has 2 aliphatic carbocycles. The zero-order valence-corrected chi connectivity index (χ0v) is 24.2. The largest absolute Gasteiger partial charge is 0.382 e. The third kappa shape index (κ3) is 5.42. The molecule has 0 bridgehead atoms. The highest BCUT2D eigenvalue weighted by Gasteiger charge is 2.27. The first-order valence-electron chi connectivity index (χ1n) is 11.6. The molecule has 0 radical (unpaired) electrons. The zero-order chi connectivity index (χ0) is 27.1. The van der Waals surface area contributed by atoms with Crippen molar-refractivity contribution in [3.8, 4) is 0 Å². The molecule has 0 fully saturated rings. The molecule has 2 aromatic heterocycles. The lowest BCUT2D eigenvalue weighted by molar-refractivity contribution is 0.103. The number of carbonyl (C=O) groups is 1. The normalized spacial score (nSPS) is 15.7. The molecule has 194 valence electrons. The van der Waals surface area contributed by atoms with Crippen LogP contribution in [0.1, 0.15) is 55.7 Å². The summed E-state index contributed by atoms with van der Waals surface area (Å²) in [6, 6.07) is 9.53. The van der Waals surface area contributed by atoms with E-state index in [1.165, 1.54) is 12.1 Å². The lowest BCUT2D eigenvalue weighted by Gasteiger charge is -2.14. The second kappa shape index (κ2) is 11.1. The molecule has 0 amide bonds. The molecule has 38 heavy (non-hydrogen) atoms. The molecule has 6 rings (SSSR count). The fraction of sp³-hybridized carbons (Fsp3) is 0.179. The second-order valence-electron chi connectivity index (χ2n) is 8.97. The number of hydrogen-bond donors (Lipinski definition) is 1. The maximum absolute atomic E-state index is 14.1. The smallest absolute Gasteiger partial charge is 0.214 e. The first kappa shape index (κ1) is 27.3. The average molecular weight is 683 g/mol. The van der Waals surface area contributed by atoms with Gasteiger partial charge in [0.25, 0.3) is 0 Å². The lowest BCUT2D eigenvalue weighted by Crippen LogP contribution is -2.09. The van der Waals surface area contributed by atoms with E-state index in [0.29, 0.717) is 52.7 Å². The Hall–Kier alpha value is -2.23. The number of halogens is 6. The van der Waals surface area contributed by atoms with Crippen molar-refractivity contribution in [1.82, 2.24) is 9.97 Å². The van der Waals surface area contributed by atoms with E-state index >= 15 is 0 Å². The van der Waals surface area contributed by atoms with Crippen LogP contribution in [-0.4, -0.2) is 20.9 Å². The van der Waals surface area contributed by atoms with Gasteiger partial charge >= 0.3 is 0 Å². The van der Waals surface area contributed by atoms with E-state index in [-0.39, 0.29) is 16.9 Å². The van der Waals surface area contributed by atoms with Gasteiger partial charge in [-0.05, 0) is 116 Å². The second-order valence-corrected chi connectivity index (χ2v) is 11.7. The van der Waals surface area contributed by atoms with E-state index in [1.807, 2.05) is 12.1 Å². The van der Waals surface area contributed by atoms with Gasteiger partial charge in [-0.3, -0.25) is 14.8 Å². The molecule has 2 heterocycles. The Bertz CT molecular complexity index is 1600. The van der Waals surface area contributed by atoms with E-state index in [1.54, 1.807) is 24.5 Å². The van der Waals surface area contributed by atoms with Crippen LogP contribution in [0, 0.1) is 11.6 Å². The molecule has 1 unspecified atom stereocenters. The van der Waals surface area contributed by atoms with Crippen LogP contribution in [0.4, 0.5) is 8.78 Å². The Balaban J connectivity index is 0.000000155. The van der Waals surface area contributed by atoms with Crippen molar-refractivity contribution in [3.63, 3.8) is 0 Å². The van der Waals surface area contributed by atoms with Gasteiger partial charge in [-0.15, -0.1) is 0 Å². The Kier molecular flexibility index (Phi) is 7.99. The van der Waals surface area contributed by atoms with Gasteiger partial charge in [0.1, 0.15) is 23.4 Å². The number of carbonyl (C=O) groups excluding carboxylic acids is 1. The van der Waals surface area contributed by atoms with Crippen molar-refractivity contribution in [2.24, 2.45) is 0 Å². The van der Waals surface area contributed by atoms with E-state index in [9.17, 15) is 18.7 Å². The predicted molar refractivity (Wildman–Crippen MR) is 149 cm³/mol. The van der Waals surface area contributed by atoms with Crippen LogP contribution in [0.25, 0.3) is 0 Å². The SMILES string of the molecule is O=C1c2ncc(Br)cc2CCc2cc(Cl)cc(F)c21.OC1c2ncc(Br)cc2CCc2cc(Cl)cc(F)c21. The summed E-state index contributed by atoms with van der Waals surface area (Å²) in [5.41, 5.74) is 4.36. The number of aromatic nitrogens is 2. The van der Waals surface area contributed by atoms with Gasteiger partial charge in [-0.2, -0.15) is 0 Å². The van der Waals surface area contributed by atoms with Gasteiger partial charge in [0.15, 0.2) is 0 Å². The highest BCUT2D eigenvalue weighted by molar-refractivity contribution is 9.10. The minimum absolute atomic E-state index is 0.0953. The van der Waals surface area contributed by atoms with Gasteiger partial charge in [-0.1, -0.05) is 23.2 Å². The summed E-state index contributed by atoms with van der Waals surface area (Å²) in [5, 5.41) is 11.1. The standard InChI is InChI=1S/C14H10BrClFNO.C14H8BrClFNO/c2*15-9-3-8-2-1-7-4-10(16)5-11(17)12(7)14(19)13(8)18-6-9/h3-6,14,19H,1-2H2;3-6H,1-2H2. The van der Waals surface area contributed by atoms with Crippen LogP contribution in [-0.2, 0) is 25.7 Å². The van der Waals surface area contributed by atoms with Crippen molar-refractivity contribution in [2.75, 3.05) is 0 Å². The van der Waals surface area contributed by atoms with Crippen LogP contribution in [0.15, 0.2) is 57.7 Å². The van der Waals surface area contributed by atoms with Gasteiger partial charge in [0, 0.05) is 36.9 Å². The maximum atomic E-state index is 14.1. The molecule has 0 spiro atoms. The number of aliphatic hydroxyl groups is 1. The van der Waals surface area contributed by atoms with Crippen molar-refractivity contribution in [2.45, 2.75) is 31.8 Å². The maximum Gasteiger partial charge on any atom is 0.214 e. The number of nitrogens with zero attached hydrogens (tertiary/aromatic N) is 2. The molecule has 0 aliphatic heterocycles. The van der Waals surface area contributed by atoms with Gasteiger partial charge in [-0.25, -0.2) is 8.78 Å². The molecule has 4 nitrogen and oxygen atoms in total. The first-order valence-corrected chi connectivity index (χ1v) is 13.9. The number of fused-ring (bicyclic) bond motifs is 4. The topological polar surface area (TPSA) is 63.1 Å². The number of aryl methyl sites for hydroxylation is 4. The summed E-state index contributed by atoms with van der Waals surface area (Å²) in [6.07, 6.45) is 4.67. The summed E-state index contributed by atoms with van der Waals surface area (Å²) in [7, 11) is 0. The third-order valence-corrected chi connectivity index (χ3v) is 7.82. The monoisotopic (exact) mass is 680 g/mol. The Morgan fingerprint density at radius 2 is 1.32 bits per heavy atom. The van der Waals surface area contributed by atoms with Crippen LogP contribution in [0.2, 0.25) is 10.0 Å². The number of pyridine rings is 2. The van der Waals surface area contributed by atoms with Crippen molar-refractivity contribution in [1.29, 1.82) is 0 Å². The number of rotatable bonds is 0. The van der Waals surface area contributed by atoms with Gasteiger partial charge in [0.2, 0.25) is 5.78 Å². The summed E-state index contributed by atoms with van der Waals surface area (Å²) in [6.45, 7) is 0. The van der Waals surface area contributed by atoms with E-state index < -0.39 is 17.7 Å². The van der Waals surface area contributed by atoms with Crippen molar-refractivity contribution < 1.29 is 18.7 Å². The number of aliphatic hydroxyl groups excluding tert-OH is 1. The molecule has 2 aromatic carbocycles. The lowest BCUT2D eigenvalue weighted by atomic mass is 10.00. The number of ketones is 1. The molecular weight excluding hydrogens is 665 g/mol. The minimum atomic E-state index is -1.04. The van der Waals surface area contributed by atoms with Gasteiger partial charge < -0.3 is 5.11 Å².